The zero-order chi connectivity index (χ0) is 13.7. The maximum Gasteiger partial charge on any atom is 0.118 e. The number of hydrogen-bond acceptors (Lipinski definition) is 2. The number of halogens is 2. The lowest BCUT2D eigenvalue weighted by atomic mass is 9.97. The largest absolute Gasteiger partial charge is 0.497 e. The van der Waals surface area contributed by atoms with Crippen molar-refractivity contribution >= 4 is 38.9 Å². The van der Waals surface area contributed by atoms with Gasteiger partial charge in [-0.05, 0) is 58.5 Å². The van der Waals surface area contributed by atoms with Gasteiger partial charge >= 0.3 is 0 Å². The predicted molar refractivity (Wildman–Crippen MR) is 86.6 cm³/mol. The van der Waals surface area contributed by atoms with Crippen LogP contribution in [-0.4, -0.2) is 13.0 Å². The molecular weight excluding hydrogens is 344 g/mol. The number of rotatable bonds is 6. The SMILES string of the molecule is COc1ccc(CC(CCl)Cc2cc(Br)cs2)cc1. The van der Waals surface area contributed by atoms with E-state index in [0.29, 0.717) is 11.8 Å². The van der Waals surface area contributed by atoms with E-state index >= 15 is 0 Å². The molecule has 1 unspecified atom stereocenters. The van der Waals surface area contributed by atoms with E-state index in [9.17, 15) is 0 Å². The Labute approximate surface area is 131 Å². The molecule has 1 atom stereocenters. The minimum Gasteiger partial charge on any atom is -0.497 e. The highest BCUT2D eigenvalue weighted by atomic mass is 79.9. The summed E-state index contributed by atoms with van der Waals surface area (Å²) in [4.78, 5) is 1.38. The Morgan fingerprint density at radius 1 is 1.26 bits per heavy atom. The normalized spacial score (nSPS) is 12.4. The Hall–Kier alpha value is -0.510. The molecule has 0 aliphatic heterocycles. The maximum absolute atomic E-state index is 6.10. The van der Waals surface area contributed by atoms with E-state index in [-0.39, 0.29) is 0 Å². The molecule has 0 N–H and O–H groups in total. The van der Waals surface area contributed by atoms with Gasteiger partial charge in [-0.2, -0.15) is 0 Å². The van der Waals surface area contributed by atoms with Crippen molar-refractivity contribution < 1.29 is 4.74 Å². The van der Waals surface area contributed by atoms with Crippen LogP contribution in [0, 0.1) is 5.92 Å². The summed E-state index contributed by atoms with van der Waals surface area (Å²) in [6.07, 6.45) is 2.04. The van der Waals surface area contributed by atoms with E-state index in [4.69, 9.17) is 16.3 Å². The fourth-order valence-corrected chi connectivity index (χ4v) is 3.81. The van der Waals surface area contributed by atoms with Crippen LogP contribution in [0.3, 0.4) is 0 Å². The number of thiophene rings is 1. The van der Waals surface area contributed by atoms with Crippen molar-refractivity contribution in [2.45, 2.75) is 12.8 Å². The van der Waals surface area contributed by atoms with Gasteiger partial charge in [-0.15, -0.1) is 22.9 Å². The molecule has 1 aromatic carbocycles. The number of benzene rings is 1. The van der Waals surface area contributed by atoms with Gasteiger partial charge in [0.1, 0.15) is 5.75 Å². The molecule has 0 saturated carbocycles. The fraction of sp³-hybridized carbons (Fsp3) is 0.333. The van der Waals surface area contributed by atoms with Crippen LogP contribution in [-0.2, 0) is 12.8 Å². The molecule has 0 radical (unpaired) electrons. The summed E-state index contributed by atoms with van der Waals surface area (Å²) in [5.41, 5.74) is 1.31. The molecule has 1 nitrogen and oxygen atoms in total. The first-order valence-electron chi connectivity index (χ1n) is 6.13. The quantitative estimate of drug-likeness (QED) is 0.647. The highest BCUT2D eigenvalue weighted by Crippen LogP contribution is 2.25. The number of methoxy groups -OCH3 is 1. The third kappa shape index (κ3) is 4.51. The van der Waals surface area contributed by atoms with Crippen LogP contribution in [0.2, 0.25) is 0 Å². The van der Waals surface area contributed by atoms with Crippen LogP contribution in [0.25, 0.3) is 0 Å². The second-order valence-electron chi connectivity index (χ2n) is 4.51. The molecule has 102 valence electrons. The second kappa shape index (κ2) is 7.32. The topological polar surface area (TPSA) is 9.23 Å². The van der Waals surface area contributed by atoms with E-state index in [2.05, 4.69) is 39.5 Å². The van der Waals surface area contributed by atoms with E-state index < -0.39 is 0 Å². The Morgan fingerprint density at radius 3 is 2.53 bits per heavy atom. The van der Waals surface area contributed by atoms with Gasteiger partial charge in [0.25, 0.3) is 0 Å². The fourth-order valence-electron chi connectivity index (χ4n) is 2.02. The Kier molecular flexibility index (Phi) is 5.74. The zero-order valence-electron chi connectivity index (χ0n) is 10.7. The summed E-state index contributed by atoms with van der Waals surface area (Å²) in [6.45, 7) is 0. The summed E-state index contributed by atoms with van der Waals surface area (Å²) in [5.74, 6) is 2.05. The Morgan fingerprint density at radius 2 is 2.00 bits per heavy atom. The van der Waals surface area contributed by atoms with Crippen LogP contribution < -0.4 is 4.74 Å². The second-order valence-corrected chi connectivity index (χ2v) is 6.73. The lowest BCUT2D eigenvalue weighted by Gasteiger charge is -2.13. The monoisotopic (exact) mass is 358 g/mol. The molecule has 0 saturated heterocycles. The molecular formula is C15H16BrClOS. The molecule has 19 heavy (non-hydrogen) atoms. The first-order valence-corrected chi connectivity index (χ1v) is 8.33. The van der Waals surface area contributed by atoms with Gasteiger partial charge in [-0.1, -0.05) is 12.1 Å². The highest BCUT2D eigenvalue weighted by molar-refractivity contribution is 9.10. The van der Waals surface area contributed by atoms with Crippen molar-refractivity contribution in [3.8, 4) is 5.75 Å². The average molecular weight is 360 g/mol. The minimum atomic E-state index is 0.473. The summed E-state index contributed by atoms with van der Waals surface area (Å²) in [7, 11) is 1.69. The maximum atomic E-state index is 6.10. The summed E-state index contributed by atoms with van der Waals surface area (Å²) in [5, 5.41) is 2.12. The molecule has 0 spiro atoms. The van der Waals surface area contributed by atoms with E-state index in [1.165, 1.54) is 10.4 Å². The zero-order valence-corrected chi connectivity index (χ0v) is 13.9. The molecule has 0 fully saturated rings. The number of ether oxygens (including phenoxy) is 1. The molecule has 1 aromatic heterocycles. The van der Waals surface area contributed by atoms with Crippen molar-refractivity contribution in [3.63, 3.8) is 0 Å². The average Bonchev–Trinajstić information content (AvgIpc) is 2.84. The van der Waals surface area contributed by atoms with Crippen LogP contribution >= 0.6 is 38.9 Å². The minimum absolute atomic E-state index is 0.473. The van der Waals surface area contributed by atoms with Gasteiger partial charge in [-0.3, -0.25) is 0 Å². The lowest BCUT2D eigenvalue weighted by molar-refractivity contribution is 0.414. The molecule has 0 amide bonds. The van der Waals surface area contributed by atoms with Crippen molar-refractivity contribution in [2.24, 2.45) is 5.92 Å². The summed E-state index contributed by atoms with van der Waals surface area (Å²) < 4.78 is 6.33. The third-order valence-electron chi connectivity index (χ3n) is 3.01. The molecule has 2 rings (SSSR count). The molecule has 2 aromatic rings. The predicted octanol–water partition coefficient (Wildman–Crippen LogP) is 5.16. The molecule has 0 aliphatic carbocycles. The van der Waals surface area contributed by atoms with E-state index in [1.54, 1.807) is 18.4 Å². The van der Waals surface area contributed by atoms with Crippen molar-refractivity contribution in [3.05, 3.63) is 50.6 Å². The number of hydrogen-bond donors (Lipinski definition) is 0. The Bertz CT molecular complexity index is 509. The highest BCUT2D eigenvalue weighted by Gasteiger charge is 2.11. The van der Waals surface area contributed by atoms with Crippen molar-refractivity contribution in [1.82, 2.24) is 0 Å². The van der Waals surface area contributed by atoms with Crippen molar-refractivity contribution in [2.75, 3.05) is 13.0 Å². The Balaban J connectivity index is 1.97. The third-order valence-corrected chi connectivity index (χ3v) is 5.17. The standard InChI is InChI=1S/C15H16BrClOS/c1-18-14-4-2-11(3-5-14)6-12(9-17)7-15-8-13(16)10-19-15/h2-5,8,10,12H,6-7,9H2,1H3. The van der Waals surface area contributed by atoms with Crippen LogP contribution in [0.5, 0.6) is 5.75 Å². The van der Waals surface area contributed by atoms with Gasteiger partial charge in [0, 0.05) is 20.6 Å². The number of alkyl halides is 1. The van der Waals surface area contributed by atoms with Gasteiger partial charge < -0.3 is 4.74 Å². The smallest absolute Gasteiger partial charge is 0.118 e. The molecule has 0 bridgehead atoms. The van der Waals surface area contributed by atoms with Gasteiger partial charge in [-0.25, -0.2) is 0 Å². The van der Waals surface area contributed by atoms with Gasteiger partial charge in [0.05, 0.1) is 7.11 Å². The van der Waals surface area contributed by atoms with Crippen molar-refractivity contribution in [1.29, 1.82) is 0 Å². The van der Waals surface area contributed by atoms with Gasteiger partial charge in [0.2, 0.25) is 0 Å². The van der Waals surface area contributed by atoms with E-state index in [1.807, 2.05) is 12.1 Å². The lowest BCUT2D eigenvalue weighted by Crippen LogP contribution is -2.09. The first kappa shape index (κ1) is 14.9. The van der Waals surface area contributed by atoms with Gasteiger partial charge in [0.15, 0.2) is 0 Å². The van der Waals surface area contributed by atoms with E-state index in [0.717, 1.165) is 23.1 Å². The van der Waals surface area contributed by atoms with Crippen LogP contribution in [0.4, 0.5) is 0 Å². The summed E-state index contributed by atoms with van der Waals surface area (Å²) >= 11 is 11.4. The summed E-state index contributed by atoms with van der Waals surface area (Å²) in [6, 6.07) is 10.4. The van der Waals surface area contributed by atoms with Crippen LogP contribution in [0.15, 0.2) is 40.2 Å². The molecule has 0 aliphatic rings. The first-order chi connectivity index (χ1) is 9.21. The molecule has 4 heteroatoms. The molecule has 1 heterocycles. The van der Waals surface area contributed by atoms with Crippen LogP contribution in [0.1, 0.15) is 10.4 Å².